The van der Waals surface area contributed by atoms with Crippen molar-refractivity contribution in [3.8, 4) is 0 Å². The number of hydrazone groups is 1. The number of allylic oxidation sites excluding steroid dienone is 4. The molecule has 0 bridgehead atoms. The summed E-state index contributed by atoms with van der Waals surface area (Å²) in [6, 6.07) is 4.62. The van der Waals surface area contributed by atoms with Crippen LogP contribution in [-0.4, -0.2) is 45.7 Å². The highest BCUT2D eigenvalue weighted by atomic mass is 35.5. The van der Waals surface area contributed by atoms with Crippen molar-refractivity contribution in [2.75, 3.05) is 6.54 Å². The lowest BCUT2D eigenvalue weighted by atomic mass is 10.1. The molecule has 1 aliphatic rings. The smallest absolute Gasteiger partial charge is 0.200 e. The number of nitrogens with zero attached hydrogens (tertiary/aromatic N) is 5. The van der Waals surface area contributed by atoms with Crippen LogP contribution >= 0.6 is 11.6 Å². The van der Waals surface area contributed by atoms with Gasteiger partial charge >= 0.3 is 5.92 Å². The molecule has 0 fully saturated rings. The SMILES string of the molecule is C=C1/C=C\C(C(F)(F)c2nn[nH]n2)=C/CN(S(=O)(=O)c2c(C)cccc2Cl)N=C1C. The minimum absolute atomic E-state index is 0.000932. The second-order valence-electron chi connectivity index (χ2n) is 6.41. The second-order valence-corrected chi connectivity index (χ2v) is 8.60. The molecule has 2 aromatic rings. The maximum atomic E-state index is 14.9. The number of tetrazole rings is 1. The van der Waals surface area contributed by atoms with Crippen molar-refractivity contribution in [3.05, 3.63) is 70.6 Å². The quantitative estimate of drug-likeness (QED) is 0.762. The summed E-state index contributed by atoms with van der Waals surface area (Å²) in [5.41, 5.74) is 0.347. The third kappa shape index (κ3) is 4.03. The first kappa shape index (κ1) is 21.8. The van der Waals surface area contributed by atoms with Crippen LogP contribution in [0.2, 0.25) is 5.02 Å². The van der Waals surface area contributed by atoms with E-state index in [1.165, 1.54) is 19.1 Å². The average Bonchev–Trinajstić information content (AvgIpc) is 3.22. The molecule has 0 spiro atoms. The Hall–Kier alpha value is -2.92. The molecular weight excluding hydrogens is 438 g/mol. The molecule has 1 N–H and O–H groups in total. The molecule has 12 heteroatoms. The van der Waals surface area contributed by atoms with E-state index in [0.717, 1.165) is 12.2 Å². The lowest BCUT2D eigenvalue weighted by molar-refractivity contribution is 0.0316. The Bertz CT molecular complexity index is 1150. The van der Waals surface area contributed by atoms with Gasteiger partial charge in [-0.25, -0.2) is 0 Å². The first-order valence-corrected chi connectivity index (χ1v) is 10.4. The Labute approximate surface area is 176 Å². The zero-order chi connectivity index (χ0) is 22.1. The summed E-state index contributed by atoms with van der Waals surface area (Å²) in [6.07, 6.45) is 3.47. The maximum Gasteiger partial charge on any atom is 0.335 e. The molecule has 0 atom stereocenters. The van der Waals surface area contributed by atoms with E-state index in [-0.39, 0.29) is 21.2 Å². The molecule has 1 aliphatic heterocycles. The molecule has 2 heterocycles. The molecule has 8 nitrogen and oxygen atoms in total. The monoisotopic (exact) mass is 454 g/mol. The van der Waals surface area contributed by atoms with Gasteiger partial charge in [0.05, 0.1) is 17.3 Å². The number of sulfonamides is 1. The summed E-state index contributed by atoms with van der Waals surface area (Å²) >= 11 is 6.13. The van der Waals surface area contributed by atoms with E-state index in [2.05, 4.69) is 27.1 Å². The Morgan fingerprint density at radius 2 is 2.00 bits per heavy atom. The number of hydrogen-bond acceptors (Lipinski definition) is 6. The third-order valence-electron chi connectivity index (χ3n) is 4.35. The van der Waals surface area contributed by atoms with E-state index in [1.54, 1.807) is 19.1 Å². The summed E-state index contributed by atoms with van der Waals surface area (Å²) in [4.78, 5) is -0.152. The van der Waals surface area contributed by atoms with E-state index in [1.807, 2.05) is 5.21 Å². The van der Waals surface area contributed by atoms with Crippen LogP contribution in [0.25, 0.3) is 0 Å². The molecule has 0 amide bonds. The van der Waals surface area contributed by atoms with Crippen LogP contribution in [0.15, 0.2) is 64.1 Å². The summed E-state index contributed by atoms with van der Waals surface area (Å²) < 4.78 is 57.0. The van der Waals surface area contributed by atoms with E-state index in [4.69, 9.17) is 11.6 Å². The Morgan fingerprint density at radius 3 is 2.63 bits per heavy atom. The van der Waals surface area contributed by atoms with Crippen molar-refractivity contribution < 1.29 is 17.2 Å². The Kier molecular flexibility index (Phi) is 5.86. The molecule has 1 aromatic heterocycles. The zero-order valence-electron chi connectivity index (χ0n) is 16.0. The first-order chi connectivity index (χ1) is 14.0. The molecule has 30 heavy (non-hydrogen) atoms. The Balaban J connectivity index is 2.12. The van der Waals surface area contributed by atoms with Gasteiger partial charge in [0, 0.05) is 5.57 Å². The fourth-order valence-electron chi connectivity index (χ4n) is 2.69. The number of benzene rings is 1. The van der Waals surface area contributed by atoms with Crippen molar-refractivity contribution in [2.45, 2.75) is 24.7 Å². The molecule has 1 aromatic carbocycles. The van der Waals surface area contributed by atoms with Gasteiger partial charge in [0.25, 0.3) is 10.0 Å². The van der Waals surface area contributed by atoms with Gasteiger partial charge in [-0.15, -0.1) is 10.2 Å². The van der Waals surface area contributed by atoms with Crippen LogP contribution < -0.4 is 0 Å². The fourth-order valence-corrected chi connectivity index (χ4v) is 4.70. The number of halogens is 3. The number of aromatic amines is 1. The average molecular weight is 455 g/mol. The lowest BCUT2D eigenvalue weighted by Gasteiger charge is -2.21. The number of alkyl halides is 2. The number of aromatic nitrogens is 4. The molecule has 0 unspecified atom stereocenters. The van der Waals surface area contributed by atoms with E-state index >= 15 is 0 Å². The minimum Gasteiger partial charge on any atom is -0.200 e. The van der Waals surface area contributed by atoms with E-state index in [0.29, 0.717) is 9.98 Å². The highest BCUT2D eigenvalue weighted by Crippen LogP contribution is 2.35. The summed E-state index contributed by atoms with van der Waals surface area (Å²) in [5.74, 6) is -4.48. The van der Waals surface area contributed by atoms with Crippen molar-refractivity contribution in [3.63, 3.8) is 0 Å². The van der Waals surface area contributed by atoms with Crippen LogP contribution in [0.4, 0.5) is 8.78 Å². The van der Waals surface area contributed by atoms with Crippen LogP contribution in [-0.2, 0) is 15.9 Å². The van der Waals surface area contributed by atoms with E-state index < -0.39 is 33.9 Å². The first-order valence-electron chi connectivity index (χ1n) is 8.58. The highest BCUT2D eigenvalue weighted by molar-refractivity contribution is 7.89. The predicted octanol–water partition coefficient (Wildman–Crippen LogP) is 3.37. The summed E-state index contributed by atoms with van der Waals surface area (Å²) in [5, 5.41) is 15.9. The number of hydrogen-bond donors (Lipinski definition) is 1. The number of rotatable bonds is 4. The maximum absolute atomic E-state index is 14.9. The van der Waals surface area contributed by atoms with Crippen molar-refractivity contribution in [2.24, 2.45) is 5.10 Å². The second kappa shape index (κ2) is 8.07. The van der Waals surface area contributed by atoms with Crippen molar-refractivity contribution in [1.82, 2.24) is 25.0 Å². The van der Waals surface area contributed by atoms with Crippen molar-refractivity contribution >= 4 is 27.3 Å². The summed E-state index contributed by atoms with van der Waals surface area (Å²) in [7, 11) is -4.25. The normalized spacial score (nSPS) is 18.7. The largest absolute Gasteiger partial charge is 0.335 e. The predicted molar refractivity (Wildman–Crippen MR) is 108 cm³/mol. The molecule has 3 rings (SSSR count). The van der Waals surface area contributed by atoms with Crippen LogP contribution in [0.1, 0.15) is 18.3 Å². The molecule has 0 saturated carbocycles. The third-order valence-corrected chi connectivity index (χ3v) is 6.62. The van der Waals surface area contributed by atoms with Gasteiger partial charge in [-0.1, -0.05) is 48.5 Å². The fraction of sp³-hybridized carbons (Fsp3) is 0.222. The van der Waals surface area contributed by atoms with Gasteiger partial charge in [0.15, 0.2) is 0 Å². The number of nitrogens with one attached hydrogen (secondary N) is 1. The van der Waals surface area contributed by atoms with Gasteiger partial charge in [-0.3, -0.25) is 0 Å². The molecular formula is C18H17ClF2N6O2S. The van der Waals surface area contributed by atoms with Crippen LogP contribution in [0.5, 0.6) is 0 Å². The zero-order valence-corrected chi connectivity index (χ0v) is 17.5. The minimum atomic E-state index is -4.25. The van der Waals surface area contributed by atoms with Gasteiger partial charge < -0.3 is 0 Å². The van der Waals surface area contributed by atoms with Gasteiger partial charge in [-0.2, -0.15) is 31.9 Å². The topological polar surface area (TPSA) is 104 Å². The van der Waals surface area contributed by atoms with Gasteiger partial charge in [0.2, 0.25) is 5.82 Å². The number of aryl methyl sites for hydroxylation is 1. The molecule has 158 valence electrons. The lowest BCUT2D eigenvalue weighted by Crippen LogP contribution is -2.29. The highest BCUT2D eigenvalue weighted by Gasteiger charge is 2.40. The molecule has 0 aliphatic carbocycles. The van der Waals surface area contributed by atoms with Crippen molar-refractivity contribution in [1.29, 1.82) is 0 Å². The van der Waals surface area contributed by atoms with Crippen LogP contribution in [0, 0.1) is 6.92 Å². The Morgan fingerprint density at radius 1 is 1.27 bits per heavy atom. The molecule has 0 saturated heterocycles. The number of H-pyrrole nitrogens is 1. The molecule has 0 radical (unpaired) electrons. The standard InChI is InChI=1S/C18H17ClF2N6O2S/c1-11-7-8-14(18(20,21)17-22-25-26-23-17)9-10-27(24-13(11)3)30(28,29)16-12(2)5-4-6-15(16)19/h4-9H,1,10H2,2-3H3,(H,22,23,25,26)/b8-7-,14-9+,24-13?. The van der Waals surface area contributed by atoms with Crippen LogP contribution in [0.3, 0.4) is 0 Å². The van der Waals surface area contributed by atoms with E-state index in [9.17, 15) is 17.2 Å². The summed E-state index contributed by atoms with van der Waals surface area (Å²) in [6.45, 7) is 6.38. The van der Waals surface area contributed by atoms with Gasteiger partial charge in [-0.05, 0) is 36.3 Å². The van der Waals surface area contributed by atoms with Gasteiger partial charge in [0.1, 0.15) is 4.90 Å².